The van der Waals surface area contributed by atoms with E-state index < -0.39 is 0 Å². The highest BCUT2D eigenvalue weighted by atomic mass is 16.5. The normalized spacial score (nSPS) is 12.8. The van der Waals surface area contributed by atoms with Crippen LogP contribution in [0.4, 0.5) is 11.8 Å². The van der Waals surface area contributed by atoms with Crippen LogP contribution in [0.1, 0.15) is 17.1 Å². The Bertz CT molecular complexity index is 873. The Morgan fingerprint density at radius 1 is 1.13 bits per heavy atom. The lowest BCUT2D eigenvalue weighted by Gasteiger charge is -2.10. The molecular formula is C16H16N6O. The van der Waals surface area contributed by atoms with Crippen molar-refractivity contribution in [1.29, 1.82) is 0 Å². The Hall–Kier alpha value is -2.96. The molecule has 0 saturated carbocycles. The smallest absolute Gasteiger partial charge is 0.247 e. The SMILES string of the molecule is Cc1nc(Nc2nc(-c3ccccc3C)nc3c2OCC3)n[nH]1. The predicted molar refractivity (Wildman–Crippen MR) is 85.8 cm³/mol. The number of aromatic amines is 1. The van der Waals surface area contributed by atoms with Crippen LogP contribution >= 0.6 is 0 Å². The molecule has 0 radical (unpaired) electrons. The summed E-state index contributed by atoms with van der Waals surface area (Å²) in [6.45, 7) is 4.51. The van der Waals surface area contributed by atoms with Crippen molar-refractivity contribution >= 4 is 11.8 Å². The van der Waals surface area contributed by atoms with Crippen LogP contribution in [-0.4, -0.2) is 31.8 Å². The number of nitrogens with zero attached hydrogens (tertiary/aromatic N) is 4. The third-order valence-corrected chi connectivity index (χ3v) is 3.73. The minimum atomic E-state index is 0.467. The summed E-state index contributed by atoms with van der Waals surface area (Å²) in [6, 6.07) is 8.06. The molecule has 7 heteroatoms. The number of benzene rings is 1. The second-order valence-corrected chi connectivity index (χ2v) is 5.45. The summed E-state index contributed by atoms with van der Waals surface area (Å²) >= 11 is 0. The van der Waals surface area contributed by atoms with E-state index in [1.165, 1.54) is 0 Å². The van der Waals surface area contributed by atoms with Crippen LogP contribution in [0.15, 0.2) is 24.3 Å². The Balaban J connectivity index is 1.80. The van der Waals surface area contributed by atoms with Gasteiger partial charge in [-0.1, -0.05) is 24.3 Å². The highest BCUT2D eigenvalue weighted by Gasteiger charge is 2.23. The first-order valence-electron chi connectivity index (χ1n) is 7.46. The summed E-state index contributed by atoms with van der Waals surface area (Å²) in [5, 5.41) is 10.0. The molecule has 4 rings (SSSR count). The lowest BCUT2D eigenvalue weighted by Crippen LogP contribution is -2.02. The van der Waals surface area contributed by atoms with E-state index in [2.05, 4.69) is 30.5 Å². The average Bonchev–Trinajstić information content (AvgIpc) is 3.16. The molecule has 0 aliphatic carbocycles. The fourth-order valence-electron chi connectivity index (χ4n) is 2.60. The molecule has 116 valence electrons. The van der Waals surface area contributed by atoms with Gasteiger partial charge in [0.05, 0.1) is 12.3 Å². The van der Waals surface area contributed by atoms with Crippen LogP contribution in [0.25, 0.3) is 11.4 Å². The van der Waals surface area contributed by atoms with Crippen molar-refractivity contribution in [3.8, 4) is 17.1 Å². The van der Waals surface area contributed by atoms with Crippen molar-refractivity contribution in [2.45, 2.75) is 20.3 Å². The highest BCUT2D eigenvalue weighted by molar-refractivity contribution is 5.67. The monoisotopic (exact) mass is 308 g/mol. The van der Waals surface area contributed by atoms with Crippen molar-refractivity contribution in [3.05, 3.63) is 41.3 Å². The van der Waals surface area contributed by atoms with Gasteiger partial charge in [0.25, 0.3) is 0 Å². The van der Waals surface area contributed by atoms with Crippen LogP contribution in [0.2, 0.25) is 0 Å². The van der Waals surface area contributed by atoms with Crippen molar-refractivity contribution in [2.75, 3.05) is 11.9 Å². The lowest BCUT2D eigenvalue weighted by molar-refractivity contribution is 0.357. The van der Waals surface area contributed by atoms with Crippen LogP contribution in [0.3, 0.4) is 0 Å². The Morgan fingerprint density at radius 2 is 2.00 bits per heavy atom. The fourth-order valence-corrected chi connectivity index (χ4v) is 2.60. The molecule has 0 unspecified atom stereocenters. The molecular weight excluding hydrogens is 292 g/mol. The van der Waals surface area contributed by atoms with E-state index in [1.54, 1.807) is 0 Å². The van der Waals surface area contributed by atoms with Gasteiger partial charge in [0.2, 0.25) is 5.95 Å². The van der Waals surface area contributed by atoms with Gasteiger partial charge in [0.15, 0.2) is 17.4 Å². The summed E-state index contributed by atoms with van der Waals surface area (Å²) in [5.74, 6) is 3.17. The second kappa shape index (κ2) is 5.35. The predicted octanol–water partition coefficient (Wildman–Crippen LogP) is 2.56. The van der Waals surface area contributed by atoms with Crippen LogP contribution in [0.5, 0.6) is 5.75 Å². The molecule has 2 N–H and O–H groups in total. The van der Waals surface area contributed by atoms with Gasteiger partial charge in [-0.15, -0.1) is 5.10 Å². The van der Waals surface area contributed by atoms with E-state index in [9.17, 15) is 0 Å². The van der Waals surface area contributed by atoms with E-state index in [0.29, 0.717) is 29.9 Å². The molecule has 0 amide bonds. The van der Waals surface area contributed by atoms with E-state index >= 15 is 0 Å². The molecule has 0 spiro atoms. The first kappa shape index (κ1) is 13.7. The number of nitrogens with one attached hydrogen (secondary N) is 2. The number of fused-ring (bicyclic) bond motifs is 1. The highest BCUT2D eigenvalue weighted by Crippen LogP contribution is 2.34. The lowest BCUT2D eigenvalue weighted by atomic mass is 10.1. The zero-order chi connectivity index (χ0) is 15.8. The number of aryl methyl sites for hydroxylation is 2. The molecule has 0 fully saturated rings. The van der Waals surface area contributed by atoms with Crippen molar-refractivity contribution in [3.63, 3.8) is 0 Å². The van der Waals surface area contributed by atoms with Gasteiger partial charge in [-0.05, 0) is 19.4 Å². The number of rotatable bonds is 3. The van der Waals surface area contributed by atoms with Gasteiger partial charge < -0.3 is 10.1 Å². The minimum absolute atomic E-state index is 0.467. The molecule has 1 aliphatic rings. The molecule has 3 heterocycles. The van der Waals surface area contributed by atoms with Gasteiger partial charge >= 0.3 is 0 Å². The zero-order valence-corrected chi connectivity index (χ0v) is 12.9. The molecule has 2 aromatic heterocycles. The van der Waals surface area contributed by atoms with Crippen LogP contribution in [-0.2, 0) is 6.42 Å². The first-order chi connectivity index (χ1) is 11.2. The molecule has 1 aromatic carbocycles. The second-order valence-electron chi connectivity index (χ2n) is 5.45. The molecule has 0 atom stereocenters. The summed E-state index contributed by atoms with van der Waals surface area (Å²) in [6.07, 6.45) is 0.776. The number of ether oxygens (including phenoxy) is 1. The van der Waals surface area contributed by atoms with Crippen molar-refractivity contribution in [1.82, 2.24) is 25.1 Å². The molecule has 0 bridgehead atoms. The maximum Gasteiger partial charge on any atom is 0.247 e. The Kier molecular flexibility index (Phi) is 3.18. The van der Waals surface area contributed by atoms with Crippen LogP contribution < -0.4 is 10.1 Å². The van der Waals surface area contributed by atoms with Crippen LogP contribution in [0, 0.1) is 13.8 Å². The van der Waals surface area contributed by atoms with Gasteiger partial charge in [-0.2, -0.15) is 4.98 Å². The number of H-pyrrole nitrogens is 1. The summed E-state index contributed by atoms with van der Waals surface area (Å²) in [5.41, 5.74) is 3.05. The largest absolute Gasteiger partial charge is 0.487 e. The van der Waals surface area contributed by atoms with Crippen molar-refractivity contribution in [2.24, 2.45) is 0 Å². The van der Waals surface area contributed by atoms with Crippen molar-refractivity contribution < 1.29 is 4.74 Å². The van der Waals surface area contributed by atoms with E-state index in [0.717, 1.165) is 29.1 Å². The summed E-state index contributed by atoms with van der Waals surface area (Å²) in [7, 11) is 0. The van der Waals surface area contributed by atoms with Gasteiger partial charge in [-0.25, -0.2) is 9.97 Å². The Morgan fingerprint density at radius 3 is 2.78 bits per heavy atom. The summed E-state index contributed by atoms with van der Waals surface area (Å²) in [4.78, 5) is 13.6. The van der Waals surface area contributed by atoms with Gasteiger partial charge in [-0.3, -0.25) is 5.10 Å². The number of aromatic nitrogens is 5. The zero-order valence-electron chi connectivity index (χ0n) is 12.9. The molecule has 3 aromatic rings. The minimum Gasteiger partial charge on any atom is -0.487 e. The van der Waals surface area contributed by atoms with E-state index in [4.69, 9.17) is 4.74 Å². The van der Waals surface area contributed by atoms with Gasteiger partial charge in [0, 0.05) is 12.0 Å². The molecule has 23 heavy (non-hydrogen) atoms. The fraction of sp³-hybridized carbons (Fsp3) is 0.250. The first-order valence-corrected chi connectivity index (χ1v) is 7.46. The number of hydrogen-bond donors (Lipinski definition) is 2. The maximum absolute atomic E-state index is 5.68. The van der Waals surface area contributed by atoms with E-state index in [1.807, 2.05) is 38.1 Å². The quantitative estimate of drug-likeness (QED) is 0.773. The Labute approximate surface area is 133 Å². The third-order valence-electron chi connectivity index (χ3n) is 3.73. The van der Waals surface area contributed by atoms with Gasteiger partial charge in [0.1, 0.15) is 5.82 Å². The molecule has 1 aliphatic heterocycles. The topological polar surface area (TPSA) is 88.6 Å². The maximum atomic E-state index is 5.68. The number of anilines is 2. The van der Waals surface area contributed by atoms with E-state index in [-0.39, 0.29) is 0 Å². The standard InChI is InChI=1S/C16H16N6O/c1-9-5-3-4-6-11(9)14-18-12-7-8-23-13(12)15(19-14)20-16-17-10(2)21-22-16/h3-6H,7-8H2,1-2H3,(H2,17,18,19,20,21,22). The third kappa shape index (κ3) is 2.50. The average molecular weight is 308 g/mol. The summed E-state index contributed by atoms with van der Waals surface area (Å²) < 4.78 is 5.68. The number of hydrogen-bond acceptors (Lipinski definition) is 6. The molecule has 7 nitrogen and oxygen atoms in total. The molecule has 0 saturated heterocycles.